The number of carbonyl (C=O) groups is 1. The molecule has 0 saturated carbocycles. The van der Waals surface area contributed by atoms with Crippen LogP contribution in [0.3, 0.4) is 0 Å². The Hall–Kier alpha value is -2.99. The van der Waals surface area contributed by atoms with Crippen LogP contribution >= 0.6 is 11.8 Å². The van der Waals surface area contributed by atoms with Crippen LogP contribution in [0.5, 0.6) is 5.75 Å². The molecule has 2 aromatic carbocycles. The number of nitrogens with zero attached hydrogens (tertiary/aromatic N) is 2. The smallest absolute Gasteiger partial charge is 0.416 e. The number of thioether (sulfide) groups is 1. The number of benzene rings is 2. The normalized spacial score (nSPS) is 25.0. The van der Waals surface area contributed by atoms with Gasteiger partial charge in [0.25, 0.3) is 0 Å². The molecule has 0 aromatic heterocycles. The molecule has 3 unspecified atom stereocenters. The van der Waals surface area contributed by atoms with E-state index in [0.717, 1.165) is 47.7 Å². The van der Waals surface area contributed by atoms with Gasteiger partial charge in [-0.3, -0.25) is 9.80 Å². The van der Waals surface area contributed by atoms with E-state index in [9.17, 15) is 18.0 Å². The van der Waals surface area contributed by atoms with Gasteiger partial charge in [0.05, 0.1) is 29.0 Å². The number of hydrogen-bond donors (Lipinski definition) is 1. The van der Waals surface area contributed by atoms with Crippen molar-refractivity contribution >= 4 is 23.4 Å². The zero-order valence-corrected chi connectivity index (χ0v) is 24.8. The standard InChI is InChI=1S/C31H36F3N3O4S/c1-4-6-18-36-28-37(24-12-10-23(11-13-24)30(32,33)34)35-31(36,41-28)29(16-8-7-9-17-29)21-40-26-15-14-25(19-22(26)3)42-20-27(38)39-5-2/h7-16,19,28,35H,4-6,17-18,20-21H2,1-3H3. The zero-order valence-electron chi connectivity index (χ0n) is 23.9. The van der Waals surface area contributed by atoms with Crippen molar-refractivity contribution in [1.29, 1.82) is 0 Å². The van der Waals surface area contributed by atoms with Crippen molar-refractivity contribution < 1.29 is 32.2 Å². The summed E-state index contributed by atoms with van der Waals surface area (Å²) in [5, 5.41) is 1.81. The second-order valence-electron chi connectivity index (χ2n) is 10.6. The fraction of sp³-hybridized carbons (Fsp3) is 0.452. The van der Waals surface area contributed by atoms with Crippen LogP contribution in [0.2, 0.25) is 0 Å². The zero-order chi connectivity index (χ0) is 30.0. The maximum absolute atomic E-state index is 13.2. The van der Waals surface area contributed by atoms with E-state index >= 15 is 0 Å². The minimum atomic E-state index is -4.40. The molecule has 0 amide bonds. The van der Waals surface area contributed by atoms with Crippen molar-refractivity contribution in [3.05, 3.63) is 77.9 Å². The summed E-state index contributed by atoms with van der Waals surface area (Å²) >= 11 is 1.42. The summed E-state index contributed by atoms with van der Waals surface area (Å²) in [7, 11) is 0. The summed E-state index contributed by atoms with van der Waals surface area (Å²) < 4.78 is 57.7. The highest BCUT2D eigenvalue weighted by atomic mass is 32.2. The molecule has 3 fully saturated rings. The fourth-order valence-electron chi connectivity index (χ4n) is 5.55. The predicted molar refractivity (Wildman–Crippen MR) is 156 cm³/mol. The highest BCUT2D eigenvalue weighted by Crippen LogP contribution is 2.55. The number of hydrazine groups is 1. The predicted octanol–water partition coefficient (Wildman–Crippen LogP) is 6.64. The number of aryl methyl sites for hydroxylation is 1. The Morgan fingerprint density at radius 1 is 1.17 bits per heavy atom. The Kier molecular flexibility index (Phi) is 8.94. The van der Waals surface area contributed by atoms with E-state index in [1.807, 2.05) is 42.3 Å². The fourth-order valence-corrected chi connectivity index (χ4v) is 6.34. The quantitative estimate of drug-likeness (QED) is 0.214. The molecule has 3 saturated heterocycles. The van der Waals surface area contributed by atoms with Crippen molar-refractivity contribution in [2.24, 2.45) is 5.41 Å². The molecule has 7 nitrogen and oxygen atoms in total. The van der Waals surface area contributed by atoms with E-state index in [0.29, 0.717) is 25.3 Å². The molecular formula is C31H36F3N3O4S. The van der Waals surface area contributed by atoms with Crippen LogP contribution in [0.25, 0.3) is 0 Å². The largest absolute Gasteiger partial charge is 0.492 e. The maximum Gasteiger partial charge on any atom is 0.416 e. The van der Waals surface area contributed by atoms with Crippen LogP contribution in [0, 0.1) is 12.3 Å². The molecule has 3 heterocycles. The van der Waals surface area contributed by atoms with E-state index in [2.05, 4.69) is 29.4 Å². The first-order chi connectivity index (χ1) is 20.1. The average molecular weight is 604 g/mol. The first-order valence-corrected chi connectivity index (χ1v) is 15.2. The monoisotopic (exact) mass is 603 g/mol. The number of anilines is 1. The summed E-state index contributed by atoms with van der Waals surface area (Å²) in [5.41, 5.74) is 3.73. The molecule has 0 radical (unpaired) electrons. The van der Waals surface area contributed by atoms with Gasteiger partial charge in [0.15, 0.2) is 0 Å². The second-order valence-corrected chi connectivity index (χ2v) is 11.7. The lowest BCUT2D eigenvalue weighted by Crippen LogP contribution is -2.74. The summed E-state index contributed by atoms with van der Waals surface area (Å²) in [6.07, 6.45) is 5.86. The molecule has 226 valence electrons. The number of nitrogens with one attached hydrogen (secondary N) is 1. The Bertz CT molecular complexity index is 1340. The maximum atomic E-state index is 13.2. The highest BCUT2D eigenvalue weighted by Gasteiger charge is 2.72. The number of carbonyl (C=O) groups excluding carboxylic acids is 1. The molecule has 11 heteroatoms. The van der Waals surface area contributed by atoms with E-state index in [1.165, 1.54) is 23.9 Å². The molecule has 42 heavy (non-hydrogen) atoms. The van der Waals surface area contributed by atoms with Crippen LogP contribution in [0.1, 0.15) is 44.2 Å². The third-order valence-electron chi connectivity index (χ3n) is 7.78. The van der Waals surface area contributed by atoms with Crippen LogP contribution in [0.4, 0.5) is 18.9 Å². The Morgan fingerprint density at radius 3 is 2.60 bits per heavy atom. The molecule has 3 atom stereocenters. The van der Waals surface area contributed by atoms with Gasteiger partial charge in [-0.05, 0) is 74.7 Å². The number of fused-ring (bicyclic) bond motifs is 1. The van der Waals surface area contributed by atoms with Crippen LogP contribution in [0.15, 0.2) is 71.7 Å². The van der Waals surface area contributed by atoms with Crippen molar-refractivity contribution in [3.8, 4) is 5.75 Å². The summed E-state index contributed by atoms with van der Waals surface area (Å²) in [6.45, 7) is 7.27. The lowest BCUT2D eigenvalue weighted by molar-refractivity contribution is -0.357. The third-order valence-corrected chi connectivity index (χ3v) is 8.75. The molecule has 4 aliphatic rings. The van der Waals surface area contributed by atoms with Gasteiger partial charge in [-0.15, -0.1) is 11.8 Å². The second kappa shape index (κ2) is 12.3. The first-order valence-electron chi connectivity index (χ1n) is 14.2. The van der Waals surface area contributed by atoms with Gasteiger partial charge in [0, 0.05) is 11.4 Å². The number of halogens is 3. The lowest BCUT2D eigenvalue weighted by atomic mass is 9.75. The number of hydrogen-bond acceptors (Lipinski definition) is 8. The highest BCUT2D eigenvalue weighted by molar-refractivity contribution is 8.00. The van der Waals surface area contributed by atoms with Gasteiger partial charge in [0.2, 0.25) is 12.2 Å². The number of unbranched alkanes of at least 4 members (excludes halogenated alkanes) is 1. The first kappa shape index (κ1) is 30.5. The Morgan fingerprint density at radius 2 is 1.95 bits per heavy atom. The van der Waals surface area contributed by atoms with Crippen molar-refractivity contribution in [1.82, 2.24) is 10.3 Å². The number of esters is 1. The van der Waals surface area contributed by atoms with Gasteiger partial charge < -0.3 is 14.2 Å². The summed E-state index contributed by atoms with van der Waals surface area (Å²) in [4.78, 5) is 14.9. The van der Waals surface area contributed by atoms with E-state index in [4.69, 9.17) is 14.2 Å². The minimum Gasteiger partial charge on any atom is -0.492 e. The topological polar surface area (TPSA) is 63.3 Å². The van der Waals surface area contributed by atoms with Gasteiger partial charge in [-0.25, -0.2) is 4.90 Å². The Labute approximate surface area is 248 Å². The van der Waals surface area contributed by atoms with Crippen molar-refractivity contribution in [2.75, 3.05) is 30.5 Å². The molecule has 0 spiro atoms. The van der Waals surface area contributed by atoms with Crippen molar-refractivity contribution in [2.45, 2.75) is 63.3 Å². The third kappa shape index (κ3) is 5.79. The molecule has 3 aliphatic heterocycles. The molecule has 1 N–H and O–H groups in total. The minimum absolute atomic E-state index is 0.240. The van der Waals surface area contributed by atoms with Gasteiger partial charge in [-0.2, -0.15) is 18.6 Å². The van der Waals surface area contributed by atoms with Crippen molar-refractivity contribution in [3.63, 3.8) is 0 Å². The molecule has 2 bridgehead atoms. The SMILES string of the molecule is CCCCN1C2OC1(C1(COc3ccc(SCC(=O)OCC)cc3C)C=CC=CC1)NN2c1ccc(C(F)(F)F)cc1. The number of ether oxygens (including phenoxy) is 3. The van der Waals surface area contributed by atoms with Gasteiger partial charge in [0.1, 0.15) is 12.4 Å². The Balaban J connectivity index is 1.37. The molecule has 2 aromatic rings. The number of rotatable bonds is 12. The molecular weight excluding hydrogens is 567 g/mol. The number of alkyl halides is 3. The number of allylic oxidation sites excluding steroid dienone is 3. The van der Waals surface area contributed by atoms with Crippen LogP contribution < -0.4 is 15.2 Å². The van der Waals surface area contributed by atoms with Gasteiger partial charge in [-0.1, -0.05) is 37.6 Å². The average Bonchev–Trinajstić information content (AvgIpc) is 3.53. The van der Waals surface area contributed by atoms with Gasteiger partial charge >= 0.3 is 12.1 Å². The summed E-state index contributed by atoms with van der Waals surface area (Å²) in [6, 6.07) is 10.9. The molecule has 6 rings (SSSR count). The summed E-state index contributed by atoms with van der Waals surface area (Å²) in [5.74, 6) is -0.230. The van der Waals surface area contributed by atoms with E-state index in [-0.39, 0.29) is 11.7 Å². The lowest BCUT2D eigenvalue weighted by Gasteiger charge is -2.56. The van der Waals surface area contributed by atoms with Crippen LogP contribution in [-0.4, -0.2) is 48.6 Å². The van der Waals surface area contributed by atoms with Crippen LogP contribution in [-0.2, 0) is 20.4 Å². The van der Waals surface area contributed by atoms with E-state index < -0.39 is 29.4 Å². The molecule has 1 aliphatic carbocycles. The van der Waals surface area contributed by atoms with E-state index in [1.54, 1.807) is 6.92 Å².